The summed E-state index contributed by atoms with van der Waals surface area (Å²) in [7, 11) is -3.53. The summed E-state index contributed by atoms with van der Waals surface area (Å²) in [4.78, 5) is 15.1. The second kappa shape index (κ2) is 8.13. The number of nitrogens with one attached hydrogen (secondary N) is 1. The minimum atomic E-state index is -3.53. The smallest absolute Gasteiger partial charge is 0.256 e. The highest BCUT2D eigenvalue weighted by Crippen LogP contribution is 2.24. The molecule has 0 unspecified atom stereocenters. The van der Waals surface area contributed by atoms with Gasteiger partial charge in [0, 0.05) is 24.5 Å². The lowest BCUT2D eigenvalue weighted by Crippen LogP contribution is -2.29. The molecule has 1 saturated heterocycles. The molecule has 5 nitrogen and oxygen atoms in total. The van der Waals surface area contributed by atoms with Crippen LogP contribution in [0.2, 0.25) is 0 Å². The van der Waals surface area contributed by atoms with E-state index in [2.05, 4.69) is 10.2 Å². The first kappa shape index (κ1) is 19.4. The highest BCUT2D eigenvalue weighted by atomic mass is 32.2. The molecule has 1 amide bonds. The lowest BCUT2D eigenvalue weighted by atomic mass is 10.1. The Morgan fingerprint density at radius 3 is 2.22 bits per heavy atom. The number of sulfone groups is 1. The minimum absolute atomic E-state index is 0.0717. The van der Waals surface area contributed by atoms with Crippen molar-refractivity contribution >= 4 is 27.1 Å². The van der Waals surface area contributed by atoms with Crippen LogP contribution in [0.5, 0.6) is 0 Å². The van der Waals surface area contributed by atoms with E-state index < -0.39 is 21.0 Å². The SMILES string of the molecule is CC(C)S(=O)(=O)c1ccccc1C(=O)Nc1ccc(N2CCCCC2)cc1. The van der Waals surface area contributed by atoms with Gasteiger partial charge in [0.2, 0.25) is 0 Å². The Morgan fingerprint density at radius 2 is 1.59 bits per heavy atom. The molecule has 1 fully saturated rings. The molecule has 27 heavy (non-hydrogen) atoms. The van der Waals surface area contributed by atoms with Crippen LogP contribution < -0.4 is 10.2 Å². The number of carbonyl (C=O) groups is 1. The number of hydrogen-bond donors (Lipinski definition) is 1. The van der Waals surface area contributed by atoms with Gasteiger partial charge in [-0.3, -0.25) is 4.79 Å². The van der Waals surface area contributed by atoms with Crippen molar-refractivity contribution in [2.45, 2.75) is 43.3 Å². The average molecular weight is 387 g/mol. The molecule has 0 saturated carbocycles. The van der Waals surface area contributed by atoms with E-state index in [1.807, 2.05) is 24.3 Å². The molecule has 0 spiro atoms. The van der Waals surface area contributed by atoms with Crippen LogP contribution in [0.3, 0.4) is 0 Å². The first-order valence-corrected chi connectivity index (χ1v) is 10.9. The van der Waals surface area contributed by atoms with Gasteiger partial charge in [-0.05, 0) is 69.5 Å². The van der Waals surface area contributed by atoms with Gasteiger partial charge in [0.05, 0.1) is 15.7 Å². The third-order valence-corrected chi connectivity index (χ3v) is 7.12. The third kappa shape index (κ3) is 4.33. The molecule has 1 aliphatic heterocycles. The summed E-state index contributed by atoms with van der Waals surface area (Å²) in [5.41, 5.74) is 1.97. The molecule has 1 N–H and O–H groups in total. The van der Waals surface area contributed by atoms with E-state index in [1.165, 1.54) is 25.3 Å². The molecule has 2 aromatic carbocycles. The summed E-state index contributed by atoms with van der Waals surface area (Å²) >= 11 is 0. The molecule has 2 aromatic rings. The molecule has 0 aromatic heterocycles. The Bertz CT molecular complexity index is 899. The number of amides is 1. The van der Waals surface area contributed by atoms with Crippen molar-refractivity contribution in [2.75, 3.05) is 23.3 Å². The van der Waals surface area contributed by atoms with Gasteiger partial charge in [-0.1, -0.05) is 12.1 Å². The molecular weight excluding hydrogens is 360 g/mol. The summed E-state index contributed by atoms with van der Waals surface area (Å²) in [6.45, 7) is 5.35. The normalized spacial score (nSPS) is 15.0. The molecule has 1 heterocycles. The van der Waals surface area contributed by atoms with E-state index in [1.54, 1.807) is 32.0 Å². The van der Waals surface area contributed by atoms with E-state index in [0.717, 1.165) is 18.8 Å². The number of anilines is 2. The number of benzene rings is 2. The van der Waals surface area contributed by atoms with E-state index in [-0.39, 0.29) is 10.5 Å². The summed E-state index contributed by atoms with van der Waals surface area (Å²) < 4.78 is 25.1. The van der Waals surface area contributed by atoms with Crippen LogP contribution in [-0.4, -0.2) is 32.7 Å². The van der Waals surface area contributed by atoms with Crippen LogP contribution in [0.1, 0.15) is 43.5 Å². The Labute approximate surface area is 161 Å². The Morgan fingerprint density at radius 1 is 0.963 bits per heavy atom. The van der Waals surface area contributed by atoms with Crippen LogP contribution >= 0.6 is 0 Å². The van der Waals surface area contributed by atoms with Gasteiger partial charge in [-0.25, -0.2) is 8.42 Å². The maximum atomic E-state index is 12.7. The van der Waals surface area contributed by atoms with Gasteiger partial charge in [0.15, 0.2) is 9.84 Å². The van der Waals surface area contributed by atoms with E-state index in [4.69, 9.17) is 0 Å². The fourth-order valence-corrected chi connectivity index (χ4v) is 4.51. The molecule has 3 rings (SSSR count). The van der Waals surface area contributed by atoms with Crippen LogP contribution in [0, 0.1) is 0 Å². The van der Waals surface area contributed by atoms with Crippen molar-refractivity contribution in [1.29, 1.82) is 0 Å². The lowest BCUT2D eigenvalue weighted by molar-refractivity contribution is 0.102. The van der Waals surface area contributed by atoms with Crippen LogP contribution in [0.25, 0.3) is 0 Å². The van der Waals surface area contributed by atoms with Gasteiger partial charge in [0.1, 0.15) is 0 Å². The molecule has 1 aliphatic rings. The number of nitrogens with zero attached hydrogens (tertiary/aromatic N) is 1. The van der Waals surface area contributed by atoms with Crippen molar-refractivity contribution < 1.29 is 13.2 Å². The summed E-state index contributed by atoms with van der Waals surface area (Å²) in [5.74, 6) is -0.416. The van der Waals surface area contributed by atoms with E-state index >= 15 is 0 Å². The molecule has 0 radical (unpaired) electrons. The average Bonchev–Trinajstić information content (AvgIpc) is 2.69. The largest absolute Gasteiger partial charge is 0.372 e. The maximum absolute atomic E-state index is 12.7. The predicted octanol–water partition coefficient (Wildman–Crippen LogP) is 4.11. The van der Waals surface area contributed by atoms with E-state index in [9.17, 15) is 13.2 Å². The van der Waals surface area contributed by atoms with Crippen molar-refractivity contribution in [2.24, 2.45) is 0 Å². The zero-order valence-corrected chi connectivity index (χ0v) is 16.6. The zero-order valence-electron chi connectivity index (χ0n) is 15.8. The van der Waals surface area contributed by atoms with Crippen LogP contribution in [0.4, 0.5) is 11.4 Å². The van der Waals surface area contributed by atoms with Gasteiger partial charge < -0.3 is 10.2 Å². The first-order chi connectivity index (χ1) is 12.9. The summed E-state index contributed by atoms with van der Waals surface area (Å²) in [6, 6.07) is 14.1. The van der Waals surface area contributed by atoms with Crippen molar-refractivity contribution in [3.8, 4) is 0 Å². The molecule has 0 atom stereocenters. The highest BCUT2D eigenvalue weighted by molar-refractivity contribution is 7.92. The van der Waals surface area contributed by atoms with Gasteiger partial charge in [-0.2, -0.15) is 0 Å². The van der Waals surface area contributed by atoms with Gasteiger partial charge >= 0.3 is 0 Å². The quantitative estimate of drug-likeness (QED) is 0.840. The second-order valence-electron chi connectivity index (χ2n) is 7.14. The van der Waals surface area contributed by atoms with Crippen LogP contribution in [-0.2, 0) is 9.84 Å². The fraction of sp³-hybridized carbons (Fsp3) is 0.381. The highest BCUT2D eigenvalue weighted by Gasteiger charge is 2.25. The van der Waals surface area contributed by atoms with Crippen molar-refractivity contribution in [1.82, 2.24) is 0 Å². The number of hydrogen-bond acceptors (Lipinski definition) is 4. The Kier molecular flexibility index (Phi) is 5.85. The summed E-state index contributed by atoms with van der Waals surface area (Å²) in [6.07, 6.45) is 3.70. The van der Waals surface area contributed by atoms with Crippen molar-refractivity contribution in [3.63, 3.8) is 0 Å². The number of piperidine rings is 1. The van der Waals surface area contributed by atoms with E-state index in [0.29, 0.717) is 5.69 Å². The Balaban J connectivity index is 1.78. The summed E-state index contributed by atoms with van der Waals surface area (Å²) in [5, 5.41) is 2.23. The topological polar surface area (TPSA) is 66.5 Å². The Hall–Kier alpha value is -2.34. The van der Waals surface area contributed by atoms with Gasteiger partial charge in [-0.15, -0.1) is 0 Å². The first-order valence-electron chi connectivity index (χ1n) is 9.39. The molecular formula is C21H26N2O3S. The van der Waals surface area contributed by atoms with Gasteiger partial charge in [0.25, 0.3) is 5.91 Å². The fourth-order valence-electron chi connectivity index (χ4n) is 3.26. The zero-order chi connectivity index (χ0) is 19.4. The minimum Gasteiger partial charge on any atom is -0.372 e. The lowest BCUT2D eigenvalue weighted by Gasteiger charge is -2.28. The second-order valence-corrected chi connectivity index (χ2v) is 9.61. The molecule has 6 heteroatoms. The monoisotopic (exact) mass is 386 g/mol. The molecule has 144 valence electrons. The number of rotatable bonds is 5. The number of carbonyl (C=O) groups excluding carboxylic acids is 1. The standard InChI is InChI=1S/C21H26N2O3S/c1-16(2)27(25,26)20-9-5-4-8-19(20)21(24)22-17-10-12-18(13-11-17)23-14-6-3-7-15-23/h4-5,8-13,16H,3,6-7,14-15H2,1-2H3,(H,22,24). The van der Waals surface area contributed by atoms with Crippen molar-refractivity contribution in [3.05, 3.63) is 54.1 Å². The molecule has 0 bridgehead atoms. The molecule has 0 aliphatic carbocycles. The maximum Gasteiger partial charge on any atom is 0.256 e. The third-order valence-electron chi connectivity index (χ3n) is 4.91. The predicted molar refractivity (Wildman–Crippen MR) is 109 cm³/mol. The van der Waals surface area contributed by atoms with Crippen LogP contribution in [0.15, 0.2) is 53.4 Å².